The van der Waals surface area contributed by atoms with E-state index in [1.54, 1.807) is 0 Å². The highest BCUT2D eigenvalue weighted by atomic mass is 79.9. The molecule has 1 aromatic carbocycles. The largest absolute Gasteiger partial charge is 0.308 e. The van der Waals surface area contributed by atoms with Crippen LogP contribution in [0, 0.1) is 11.8 Å². The Kier molecular flexibility index (Phi) is 5.74. The van der Waals surface area contributed by atoms with E-state index in [-0.39, 0.29) is 5.54 Å². The lowest BCUT2D eigenvalue weighted by Crippen LogP contribution is -2.35. The van der Waals surface area contributed by atoms with Gasteiger partial charge in [0, 0.05) is 29.4 Å². The van der Waals surface area contributed by atoms with E-state index in [0.717, 1.165) is 23.9 Å². The number of rotatable bonds is 3. The van der Waals surface area contributed by atoms with E-state index >= 15 is 0 Å². The van der Waals surface area contributed by atoms with Gasteiger partial charge in [0.15, 0.2) is 0 Å². The zero-order valence-corrected chi connectivity index (χ0v) is 12.4. The van der Waals surface area contributed by atoms with Crippen LogP contribution in [0.1, 0.15) is 38.3 Å². The van der Waals surface area contributed by atoms with Crippen molar-refractivity contribution in [3.63, 3.8) is 0 Å². The second-order valence-electron chi connectivity index (χ2n) is 5.04. The van der Waals surface area contributed by atoms with Gasteiger partial charge in [-0.1, -0.05) is 39.9 Å². The second-order valence-corrected chi connectivity index (χ2v) is 5.83. The zero-order valence-electron chi connectivity index (χ0n) is 10.8. The summed E-state index contributed by atoms with van der Waals surface area (Å²) in [5.41, 5.74) is 2.55. The fourth-order valence-corrected chi connectivity index (χ4v) is 1.48. The van der Waals surface area contributed by atoms with Crippen LogP contribution in [-0.4, -0.2) is 10.9 Å². The summed E-state index contributed by atoms with van der Waals surface area (Å²) in [7, 11) is 0. The molecule has 0 heterocycles. The highest BCUT2D eigenvalue weighted by Gasteiger charge is 2.07. The Hall–Kier alpha value is -0.780. The molecule has 1 N–H and O–H groups in total. The molecule has 0 saturated carbocycles. The molecule has 17 heavy (non-hydrogen) atoms. The number of halogens is 1. The van der Waals surface area contributed by atoms with Crippen LogP contribution >= 0.6 is 15.9 Å². The Labute approximate surface area is 113 Å². The lowest BCUT2D eigenvalue weighted by atomic mass is 10.1. The quantitative estimate of drug-likeness (QED) is 0.662. The molecule has 0 aromatic heterocycles. The molecule has 1 rings (SSSR count). The first kappa shape index (κ1) is 14.3. The van der Waals surface area contributed by atoms with E-state index in [2.05, 4.69) is 78.1 Å². The first-order valence-electron chi connectivity index (χ1n) is 5.90. The molecule has 0 fully saturated rings. The van der Waals surface area contributed by atoms with Crippen molar-refractivity contribution >= 4 is 15.9 Å². The average molecular weight is 294 g/mol. The van der Waals surface area contributed by atoms with Crippen molar-refractivity contribution in [3.05, 3.63) is 35.4 Å². The zero-order chi connectivity index (χ0) is 12.7. The van der Waals surface area contributed by atoms with Crippen LogP contribution in [0.3, 0.4) is 0 Å². The lowest BCUT2D eigenvalue weighted by Gasteiger charge is -2.20. The fourth-order valence-electron chi connectivity index (χ4n) is 1.28. The Morgan fingerprint density at radius 3 is 2.35 bits per heavy atom. The van der Waals surface area contributed by atoms with Crippen molar-refractivity contribution in [3.8, 4) is 11.8 Å². The molecule has 0 spiro atoms. The number of nitrogens with one attached hydrogen (secondary N) is 1. The van der Waals surface area contributed by atoms with Crippen molar-refractivity contribution in [1.82, 2.24) is 5.32 Å². The third-order valence-corrected chi connectivity index (χ3v) is 2.63. The molecule has 0 aliphatic rings. The summed E-state index contributed by atoms with van der Waals surface area (Å²) in [6, 6.07) is 8.44. The van der Waals surface area contributed by atoms with E-state index in [9.17, 15) is 0 Å². The minimum atomic E-state index is 0.161. The van der Waals surface area contributed by atoms with Gasteiger partial charge in [0.2, 0.25) is 0 Å². The van der Waals surface area contributed by atoms with Crippen LogP contribution in [0.25, 0.3) is 0 Å². The van der Waals surface area contributed by atoms with Gasteiger partial charge in [-0.2, -0.15) is 0 Å². The van der Waals surface area contributed by atoms with Crippen LogP contribution in [0.4, 0.5) is 0 Å². The summed E-state index contributed by atoms with van der Waals surface area (Å²) in [6.45, 7) is 7.42. The minimum Gasteiger partial charge on any atom is -0.308 e. The molecule has 0 aliphatic heterocycles. The molecule has 0 unspecified atom stereocenters. The van der Waals surface area contributed by atoms with Crippen LogP contribution in [-0.2, 0) is 6.54 Å². The predicted molar refractivity (Wildman–Crippen MR) is 78.3 cm³/mol. The monoisotopic (exact) mass is 293 g/mol. The molecule has 0 radical (unpaired) electrons. The molecular formula is C15H20BrN. The van der Waals surface area contributed by atoms with Crippen molar-refractivity contribution < 1.29 is 0 Å². The highest BCUT2D eigenvalue weighted by molar-refractivity contribution is 9.09. The van der Waals surface area contributed by atoms with Crippen LogP contribution in [0.5, 0.6) is 0 Å². The average Bonchev–Trinajstić information content (AvgIpc) is 2.27. The maximum atomic E-state index is 3.47. The van der Waals surface area contributed by atoms with Gasteiger partial charge in [-0.25, -0.2) is 0 Å². The summed E-state index contributed by atoms with van der Waals surface area (Å²) >= 11 is 3.36. The molecule has 0 bridgehead atoms. The third kappa shape index (κ3) is 6.51. The first-order valence-corrected chi connectivity index (χ1v) is 7.02. The Morgan fingerprint density at radius 2 is 1.82 bits per heavy atom. The smallest absolute Gasteiger partial charge is 0.0245 e. The van der Waals surface area contributed by atoms with Gasteiger partial charge in [0.1, 0.15) is 0 Å². The van der Waals surface area contributed by atoms with E-state index in [1.807, 2.05) is 0 Å². The summed E-state index contributed by atoms with van der Waals surface area (Å²) in [6.07, 6.45) is 0.896. The molecule has 0 amide bonds. The normalized spacial score (nSPS) is 10.8. The minimum absolute atomic E-state index is 0.161. The molecule has 0 aliphatic carbocycles. The highest BCUT2D eigenvalue weighted by Crippen LogP contribution is 2.06. The lowest BCUT2D eigenvalue weighted by molar-refractivity contribution is 0.424. The van der Waals surface area contributed by atoms with Crippen molar-refractivity contribution in [2.45, 2.75) is 39.3 Å². The topological polar surface area (TPSA) is 12.0 Å². The van der Waals surface area contributed by atoms with E-state index < -0.39 is 0 Å². The number of hydrogen-bond donors (Lipinski definition) is 1. The van der Waals surface area contributed by atoms with E-state index in [1.165, 1.54) is 5.56 Å². The molecule has 2 heteroatoms. The molecule has 0 atom stereocenters. The maximum absolute atomic E-state index is 3.47. The van der Waals surface area contributed by atoms with Gasteiger partial charge in [-0.05, 0) is 38.5 Å². The predicted octanol–water partition coefficient (Wildman–Crippen LogP) is 3.71. The van der Waals surface area contributed by atoms with Crippen LogP contribution in [0.2, 0.25) is 0 Å². The first-order chi connectivity index (χ1) is 8.01. The fraction of sp³-hybridized carbons (Fsp3) is 0.467. The summed E-state index contributed by atoms with van der Waals surface area (Å²) in [5.74, 6) is 6.26. The van der Waals surface area contributed by atoms with Gasteiger partial charge in [-0.15, -0.1) is 0 Å². The summed E-state index contributed by atoms with van der Waals surface area (Å²) < 4.78 is 0. The third-order valence-electron chi connectivity index (χ3n) is 2.23. The molecule has 1 nitrogen and oxygen atoms in total. The van der Waals surface area contributed by atoms with Crippen molar-refractivity contribution in [1.29, 1.82) is 0 Å². The standard InChI is InChI=1S/C15H20BrN/c1-15(2,3)17-12-14-9-7-13(8-10-14)6-4-5-11-16/h7-10,17H,5,11-12H2,1-3H3. The van der Waals surface area contributed by atoms with Crippen molar-refractivity contribution in [2.24, 2.45) is 0 Å². The molecule has 0 saturated heterocycles. The number of benzene rings is 1. The van der Waals surface area contributed by atoms with Gasteiger partial charge in [0.25, 0.3) is 0 Å². The SMILES string of the molecule is CC(C)(C)NCc1ccc(C#CCCBr)cc1. The molecule has 92 valence electrons. The Balaban J connectivity index is 2.54. The summed E-state index contributed by atoms with van der Waals surface area (Å²) in [5, 5.41) is 4.41. The van der Waals surface area contributed by atoms with Gasteiger partial charge < -0.3 is 5.32 Å². The second kappa shape index (κ2) is 6.83. The van der Waals surface area contributed by atoms with E-state index in [4.69, 9.17) is 0 Å². The van der Waals surface area contributed by atoms with Crippen LogP contribution < -0.4 is 5.32 Å². The Bertz CT molecular complexity index is 390. The van der Waals surface area contributed by atoms with Gasteiger partial charge >= 0.3 is 0 Å². The number of hydrogen-bond acceptors (Lipinski definition) is 1. The van der Waals surface area contributed by atoms with Crippen molar-refractivity contribution in [2.75, 3.05) is 5.33 Å². The number of alkyl halides is 1. The maximum Gasteiger partial charge on any atom is 0.0245 e. The Morgan fingerprint density at radius 1 is 1.18 bits per heavy atom. The summed E-state index contributed by atoms with van der Waals surface area (Å²) in [4.78, 5) is 0. The van der Waals surface area contributed by atoms with Crippen LogP contribution in [0.15, 0.2) is 24.3 Å². The van der Waals surface area contributed by atoms with E-state index in [0.29, 0.717) is 0 Å². The van der Waals surface area contributed by atoms with Gasteiger partial charge in [-0.3, -0.25) is 0 Å². The molecular weight excluding hydrogens is 274 g/mol. The van der Waals surface area contributed by atoms with Gasteiger partial charge in [0.05, 0.1) is 0 Å². The molecule has 1 aromatic rings.